The third kappa shape index (κ3) is 3.44. The summed E-state index contributed by atoms with van der Waals surface area (Å²) >= 11 is 0. The maximum atomic E-state index is 13.4. The third-order valence-electron chi connectivity index (χ3n) is 6.33. The second kappa shape index (κ2) is 8.23. The number of carbonyl (C=O) groups is 2. The molecule has 1 aromatic heterocycles. The molecule has 0 spiro atoms. The van der Waals surface area contributed by atoms with Gasteiger partial charge in [-0.2, -0.15) is 0 Å². The number of aromatic amines is 1. The second-order valence-corrected chi connectivity index (χ2v) is 8.74. The molecule has 2 heterocycles. The third-order valence-corrected chi connectivity index (χ3v) is 6.33. The van der Waals surface area contributed by atoms with E-state index in [-0.39, 0.29) is 11.3 Å². The standard InChI is InChI=1S/C28H25N3O3/c1-17-8-10-18(11-9-17)26(32)24-25(22-16-29-23-7-5-4-6-21(22)23)31(28(34)27(24)33)20-14-12-19(13-15-20)30(2)3/h4-16,25,29,32H,1-3H3/b26-24+. The van der Waals surface area contributed by atoms with Crippen LogP contribution in [-0.4, -0.2) is 35.9 Å². The number of nitrogens with one attached hydrogen (secondary N) is 1. The lowest BCUT2D eigenvalue weighted by molar-refractivity contribution is -0.132. The van der Waals surface area contributed by atoms with Gasteiger partial charge in [0.1, 0.15) is 5.76 Å². The van der Waals surface area contributed by atoms with Crippen molar-refractivity contribution in [3.8, 4) is 0 Å². The number of aromatic nitrogens is 1. The Bertz CT molecular complexity index is 1430. The number of ketones is 1. The fourth-order valence-corrected chi connectivity index (χ4v) is 4.49. The van der Waals surface area contributed by atoms with E-state index in [0.29, 0.717) is 11.3 Å². The molecule has 1 aliphatic rings. The molecule has 2 N–H and O–H groups in total. The first-order valence-electron chi connectivity index (χ1n) is 11.1. The van der Waals surface area contributed by atoms with E-state index in [1.54, 1.807) is 12.1 Å². The first kappa shape index (κ1) is 21.5. The zero-order chi connectivity index (χ0) is 24.0. The van der Waals surface area contributed by atoms with Crippen LogP contribution in [0.1, 0.15) is 22.7 Å². The van der Waals surface area contributed by atoms with Crippen molar-refractivity contribution >= 4 is 39.7 Å². The number of anilines is 2. The Morgan fingerprint density at radius 3 is 2.29 bits per heavy atom. The summed E-state index contributed by atoms with van der Waals surface area (Å²) in [6, 6.07) is 21.7. The molecule has 1 amide bonds. The summed E-state index contributed by atoms with van der Waals surface area (Å²) in [7, 11) is 3.88. The minimum atomic E-state index is -0.775. The Morgan fingerprint density at radius 2 is 1.62 bits per heavy atom. The van der Waals surface area contributed by atoms with Crippen LogP contribution in [0.3, 0.4) is 0 Å². The largest absolute Gasteiger partial charge is 0.507 e. The van der Waals surface area contributed by atoms with Crippen LogP contribution >= 0.6 is 0 Å². The van der Waals surface area contributed by atoms with Gasteiger partial charge in [0.2, 0.25) is 0 Å². The van der Waals surface area contributed by atoms with E-state index in [4.69, 9.17) is 0 Å². The van der Waals surface area contributed by atoms with Crippen LogP contribution in [0.5, 0.6) is 0 Å². The molecular weight excluding hydrogens is 426 g/mol. The van der Waals surface area contributed by atoms with E-state index >= 15 is 0 Å². The van der Waals surface area contributed by atoms with E-state index in [1.807, 2.05) is 92.8 Å². The van der Waals surface area contributed by atoms with Crippen LogP contribution in [0.25, 0.3) is 16.7 Å². The van der Waals surface area contributed by atoms with Gasteiger partial charge in [0.15, 0.2) is 0 Å². The number of benzene rings is 3. The minimum Gasteiger partial charge on any atom is -0.507 e. The number of H-pyrrole nitrogens is 1. The van der Waals surface area contributed by atoms with Gasteiger partial charge in [-0.1, -0.05) is 48.0 Å². The number of aliphatic hydroxyl groups excluding tert-OH is 1. The number of carbonyl (C=O) groups excluding carboxylic acids is 2. The molecule has 1 atom stereocenters. The van der Waals surface area contributed by atoms with E-state index in [0.717, 1.165) is 27.7 Å². The Balaban J connectivity index is 1.74. The Morgan fingerprint density at radius 1 is 0.941 bits per heavy atom. The predicted octanol–water partition coefficient (Wildman–Crippen LogP) is 5.17. The maximum Gasteiger partial charge on any atom is 0.300 e. The first-order chi connectivity index (χ1) is 16.4. The molecule has 4 aromatic rings. The van der Waals surface area contributed by atoms with Crippen LogP contribution in [-0.2, 0) is 9.59 Å². The monoisotopic (exact) mass is 451 g/mol. The second-order valence-electron chi connectivity index (χ2n) is 8.74. The van der Waals surface area contributed by atoms with Crippen LogP contribution in [0, 0.1) is 6.92 Å². The zero-order valence-corrected chi connectivity index (χ0v) is 19.2. The quantitative estimate of drug-likeness (QED) is 0.255. The number of Topliss-reactive ketones (excluding diaryl/α,β-unsaturated/α-hetero) is 1. The smallest absolute Gasteiger partial charge is 0.300 e. The van der Waals surface area contributed by atoms with Crippen molar-refractivity contribution in [2.45, 2.75) is 13.0 Å². The van der Waals surface area contributed by atoms with Gasteiger partial charge < -0.3 is 15.0 Å². The van der Waals surface area contributed by atoms with E-state index in [2.05, 4.69) is 4.98 Å². The molecule has 0 bridgehead atoms. The van der Waals surface area contributed by atoms with Crippen molar-refractivity contribution < 1.29 is 14.7 Å². The molecule has 0 saturated carbocycles. The van der Waals surface area contributed by atoms with E-state index in [1.165, 1.54) is 4.90 Å². The van der Waals surface area contributed by atoms with Gasteiger partial charge in [0, 0.05) is 53.7 Å². The number of hydrogen-bond acceptors (Lipinski definition) is 4. The number of fused-ring (bicyclic) bond motifs is 1. The molecule has 1 unspecified atom stereocenters. The van der Waals surface area contributed by atoms with Crippen LogP contribution in [0.2, 0.25) is 0 Å². The Labute approximate surface area is 197 Å². The van der Waals surface area contributed by atoms with Crippen molar-refractivity contribution in [2.75, 3.05) is 23.9 Å². The lowest BCUT2D eigenvalue weighted by atomic mass is 9.94. The zero-order valence-electron chi connectivity index (χ0n) is 19.2. The maximum absolute atomic E-state index is 13.4. The highest BCUT2D eigenvalue weighted by molar-refractivity contribution is 6.51. The molecule has 1 fully saturated rings. The van der Waals surface area contributed by atoms with Gasteiger partial charge >= 0.3 is 0 Å². The normalized spacial score (nSPS) is 17.5. The summed E-state index contributed by atoms with van der Waals surface area (Å²) in [6.45, 7) is 1.95. The van der Waals surface area contributed by atoms with Crippen molar-refractivity contribution in [1.82, 2.24) is 4.98 Å². The van der Waals surface area contributed by atoms with Gasteiger partial charge in [-0.15, -0.1) is 0 Å². The summed E-state index contributed by atoms with van der Waals surface area (Å²) in [5.74, 6) is -1.55. The number of aliphatic hydroxyl groups is 1. The fourth-order valence-electron chi connectivity index (χ4n) is 4.49. The highest BCUT2D eigenvalue weighted by Gasteiger charge is 2.47. The number of nitrogens with zero attached hydrogens (tertiary/aromatic N) is 2. The molecule has 34 heavy (non-hydrogen) atoms. The fraction of sp³-hybridized carbons (Fsp3) is 0.143. The van der Waals surface area contributed by atoms with Gasteiger partial charge in [-0.3, -0.25) is 14.5 Å². The number of para-hydroxylation sites is 1. The van der Waals surface area contributed by atoms with Gasteiger partial charge in [0.25, 0.3) is 11.7 Å². The molecule has 0 aliphatic carbocycles. The molecule has 1 aliphatic heterocycles. The number of aryl methyl sites for hydroxylation is 1. The average Bonchev–Trinajstić information content (AvgIpc) is 3.38. The van der Waals surface area contributed by atoms with Gasteiger partial charge in [-0.05, 0) is 37.3 Å². The summed E-state index contributed by atoms with van der Waals surface area (Å²) in [5, 5.41) is 12.2. The Hall–Kier alpha value is -4.32. The Kier molecular flexibility index (Phi) is 5.21. The highest BCUT2D eigenvalue weighted by Crippen LogP contribution is 2.44. The van der Waals surface area contributed by atoms with E-state index < -0.39 is 17.7 Å². The first-order valence-corrected chi connectivity index (χ1v) is 11.1. The lowest BCUT2D eigenvalue weighted by Crippen LogP contribution is -2.29. The lowest BCUT2D eigenvalue weighted by Gasteiger charge is -2.25. The summed E-state index contributed by atoms with van der Waals surface area (Å²) in [6.07, 6.45) is 1.81. The summed E-state index contributed by atoms with van der Waals surface area (Å²) < 4.78 is 0. The molecule has 6 heteroatoms. The van der Waals surface area contributed by atoms with Crippen LogP contribution in [0.4, 0.5) is 11.4 Å². The molecule has 3 aromatic carbocycles. The number of rotatable bonds is 4. The number of amides is 1. The van der Waals surface area contributed by atoms with Crippen molar-refractivity contribution in [1.29, 1.82) is 0 Å². The van der Waals surface area contributed by atoms with Crippen LogP contribution < -0.4 is 9.80 Å². The predicted molar refractivity (Wildman–Crippen MR) is 135 cm³/mol. The topological polar surface area (TPSA) is 76.6 Å². The SMILES string of the molecule is Cc1ccc(/C(O)=C2\C(=O)C(=O)N(c3ccc(N(C)C)cc3)C2c2c[nH]c3ccccc23)cc1. The molecule has 0 radical (unpaired) electrons. The summed E-state index contributed by atoms with van der Waals surface area (Å²) in [4.78, 5) is 33.4. The summed E-state index contributed by atoms with van der Waals surface area (Å²) in [5.41, 5.74) is 4.81. The van der Waals surface area contributed by atoms with Crippen molar-refractivity contribution in [3.63, 3.8) is 0 Å². The van der Waals surface area contributed by atoms with Gasteiger partial charge in [0.05, 0.1) is 11.6 Å². The van der Waals surface area contributed by atoms with Crippen molar-refractivity contribution in [2.24, 2.45) is 0 Å². The van der Waals surface area contributed by atoms with Gasteiger partial charge in [-0.25, -0.2) is 0 Å². The molecule has 170 valence electrons. The molecular formula is C28H25N3O3. The average molecular weight is 452 g/mol. The number of hydrogen-bond donors (Lipinski definition) is 2. The molecule has 5 rings (SSSR count). The molecule has 1 saturated heterocycles. The van der Waals surface area contributed by atoms with Crippen LogP contribution in [0.15, 0.2) is 84.6 Å². The molecule has 6 nitrogen and oxygen atoms in total. The highest BCUT2D eigenvalue weighted by atomic mass is 16.3. The van der Waals surface area contributed by atoms with Crippen molar-refractivity contribution in [3.05, 3.63) is 101 Å². The minimum absolute atomic E-state index is 0.0790. The van der Waals surface area contributed by atoms with E-state index in [9.17, 15) is 14.7 Å².